The van der Waals surface area contributed by atoms with E-state index in [2.05, 4.69) is 6.07 Å². The molecule has 0 heterocycles. The van der Waals surface area contributed by atoms with Gasteiger partial charge in [0.05, 0.1) is 11.1 Å². The van der Waals surface area contributed by atoms with E-state index in [-0.39, 0.29) is 11.1 Å². The Morgan fingerprint density at radius 3 is 2.44 bits per heavy atom. The number of aromatic carboxylic acids is 2. The van der Waals surface area contributed by atoms with Crippen LogP contribution in [0.2, 0.25) is 0 Å². The van der Waals surface area contributed by atoms with Gasteiger partial charge in [0.15, 0.2) is 0 Å². The maximum Gasteiger partial charge on any atom is 0.337 e. The van der Waals surface area contributed by atoms with Crippen LogP contribution in [0.25, 0.3) is 10.8 Å². The van der Waals surface area contributed by atoms with E-state index in [4.69, 9.17) is 10.2 Å². The van der Waals surface area contributed by atoms with E-state index in [9.17, 15) is 9.59 Å². The molecule has 2 aromatic rings. The van der Waals surface area contributed by atoms with Gasteiger partial charge in [0.1, 0.15) is 0 Å². The molecule has 2 aromatic carbocycles. The number of hydrogen-bond acceptors (Lipinski definition) is 2. The minimum atomic E-state index is -1.24. The number of carbonyl (C=O) groups is 2. The standard InChI is InChI=1S/C12H7O4/c13-11(14)9-6-5-7-3-1-2-4-8(7)10(9)12(15)16/h2-6H,(H,13,14)(H,15,16). The third-order valence-corrected chi connectivity index (χ3v) is 2.31. The van der Waals surface area contributed by atoms with Crippen molar-refractivity contribution in [3.63, 3.8) is 0 Å². The summed E-state index contributed by atoms with van der Waals surface area (Å²) in [5.74, 6) is -2.48. The molecule has 16 heavy (non-hydrogen) atoms. The summed E-state index contributed by atoms with van der Waals surface area (Å²) < 4.78 is 0. The lowest BCUT2D eigenvalue weighted by Gasteiger charge is -2.05. The van der Waals surface area contributed by atoms with Crippen LogP contribution in [0.4, 0.5) is 0 Å². The largest absolute Gasteiger partial charge is 0.478 e. The summed E-state index contributed by atoms with van der Waals surface area (Å²) >= 11 is 0. The summed E-state index contributed by atoms with van der Waals surface area (Å²) in [5.41, 5.74) is -0.384. The Labute approximate surface area is 90.8 Å². The fourth-order valence-corrected chi connectivity index (χ4v) is 1.62. The van der Waals surface area contributed by atoms with Crippen LogP contribution in [0, 0.1) is 6.07 Å². The van der Waals surface area contributed by atoms with Crippen molar-refractivity contribution >= 4 is 22.7 Å². The molecule has 0 spiro atoms. The lowest BCUT2D eigenvalue weighted by atomic mass is 9.99. The van der Waals surface area contributed by atoms with E-state index < -0.39 is 11.9 Å². The van der Waals surface area contributed by atoms with Crippen LogP contribution in [0.1, 0.15) is 20.7 Å². The molecule has 0 bridgehead atoms. The van der Waals surface area contributed by atoms with Gasteiger partial charge in [-0.05, 0) is 29.0 Å². The minimum Gasteiger partial charge on any atom is -0.478 e. The highest BCUT2D eigenvalue weighted by molar-refractivity contribution is 6.11. The van der Waals surface area contributed by atoms with E-state index in [1.807, 2.05) is 0 Å². The maximum atomic E-state index is 11.1. The van der Waals surface area contributed by atoms with Crippen molar-refractivity contribution in [2.24, 2.45) is 0 Å². The normalized spacial score (nSPS) is 10.2. The Morgan fingerprint density at radius 1 is 1.06 bits per heavy atom. The third-order valence-electron chi connectivity index (χ3n) is 2.31. The molecule has 0 atom stereocenters. The smallest absolute Gasteiger partial charge is 0.337 e. The number of carboxylic acid groups (broad SMARTS) is 2. The fourth-order valence-electron chi connectivity index (χ4n) is 1.62. The molecule has 79 valence electrons. The minimum absolute atomic E-state index is 0.181. The number of benzene rings is 2. The van der Waals surface area contributed by atoms with Gasteiger partial charge in [0.25, 0.3) is 0 Å². The molecule has 0 unspecified atom stereocenters. The first-order chi connectivity index (χ1) is 7.61. The number of hydrogen-bond donors (Lipinski definition) is 2. The van der Waals surface area contributed by atoms with Crippen molar-refractivity contribution in [2.75, 3.05) is 0 Å². The lowest BCUT2D eigenvalue weighted by Crippen LogP contribution is -2.08. The molecule has 0 amide bonds. The molecule has 2 rings (SSSR count). The second-order valence-corrected chi connectivity index (χ2v) is 3.25. The highest BCUT2D eigenvalue weighted by atomic mass is 16.4. The molecule has 0 saturated heterocycles. The molecule has 1 radical (unpaired) electrons. The van der Waals surface area contributed by atoms with Crippen LogP contribution in [0.15, 0.2) is 30.3 Å². The van der Waals surface area contributed by atoms with Gasteiger partial charge < -0.3 is 10.2 Å². The second kappa shape index (κ2) is 3.66. The van der Waals surface area contributed by atoms with E-state index in [0.29, 0.717) is 10.8 Å². The average molecular weight is 215 g/mol. The summed E-state index contributed by atoms with van der Waals surface area (Å²) in [6.45, 7) is 0. The summed E-state index contributed by atoms with van der Waals surface area (Å²) in [6, 6.07) is 10.4. The molecule has 0 aliphatic rings. The van der Waals surface area contributed by atoms with Crippen molar-refractivity contribution in [3.05, 3.63) is 47.5 Å². The van der Waals surface area contributed by atoms with Gasteiger partial charge >= 0.3 is 11.9 Å². The zero-order chi connectivity index (χ0) is 11.7. The molecular formula is C12H7O4. The van der Waals surface area contributed by atoms with Crippen molar-refractivity contribution in [2.45, 2.75) is 0 Å². The van der Waals surface area contributed by atoms with Crippen molar-refractivity contribution in [1.82, 2.24) is 0 Å². The first-order valence-corrected chi connectivity index (χ1v) is 4.50. The number of rotatable bonds is 2. The Kier molecular flexibility index (Phi) is 2.32. The second-order valence-electron chi connectivity index (χ2n) is 3.25. The molecule has 0 aliphatic heterocycles. The Bertz CT molecular complexity index is 587. The topological polar surface area (TPSA) is 74.6 Å². The van der Waals surface area contributed by atoms with Crippen molar-refractivity contribution in [1.29, 1.82) is 0 Å². The molecular weight excluding hydrogens is 208 g/mol. The number of carboxylic acids is 2. The molecule has 4 nitrogen and oxygen atoms in total. The SMILES string of the molecule is O=C(O)c1ccc2c[c]ccc2c1C(=O)O. The van der Waals surface area contributed by atoms with Gasteiger partial charge in [-0.1, -0.05) is 18.2 Å². The Morgan fingerprint density at radius 2 is 1.81 bits per heavy atom. The zero-order valence-electron chi connectivity index (χ0n) is 8.10. The van der Waals surface area contributed by atoms with Gasteiger partial charge in [0.2, 0.25) is 0 Å². The predicted octanol–water partition coefficient (Wildman–Crippen LogP) is 2.04. The fraction of sp³-hybridized carbons (Fsp3) is 0. The summed E-state index contributed by atoms with van der Waals surface area (Å²) in [7, 11) is 0. The molecule has 2 N–H and O–H groups in total. The number of fused-ring (bicyclic) bond motifs is 1. The van der Waals surface area contributed by atoms with Crippen LogP contribution in [-0.4, -0.2) is 22.2 Å². The Balaban J connectivity index is 2.90. The monoisotopic (exact) mass is 215 g/mol. The summed E-state index contributed by atoms with van der Waals surface area (Å²) in [6.07, 6.45) is 0. The van der Waals surface area contributed by atoms with Crippen LogP contribution >= 0.6 is 0 Å². The van der Waals surface area contributed by atoms with Crippen LogP contribution in [0.5, 0.6) is 0 Å². The highest BCUT2D eigenvalue weighted by Crippen LogP contribution is 2.22. The van der Waals surface area contributed by atoms with Gasteiger partial charge in [-0.3, -0.25) is 0 Å². The first-order valence-electron chi connectivity index (χ1n) is 4.50. The van der Waals surface area contributed by atoms with Crippen LogP contribution < -0.4 is 0 Å². The van der Waals surface area contributed by atoms with E-state index in [1.54, 1.807) is 24.3 Å². The molecule has 0 aromatic heterocycles. The van der Waals surface area contributed by atoms with E-state index in [0.717, 1.165) is 0 Å². The lowest BCUT2D eigenvalue weighted by molar-refractivity contribution is 0.0653. The molecule has 4 heteroatoms. The summed E-state index contributed by atoms with van der Waals surface area (Å²) in [4.78, 5) is 22.0. The molecule has 0 saturated carbocycles. The van der Waals surface area contributed by atoms with Crippen LogP contribution in [0.3, 0.4) is 0 Å². The average Bonchev–Trinajstić information content (AvgIpc) is 2.27. The van der Waals surface area contributed by atoms with Crippen molar-refractivity contribution in [3.8, 4) is 0 Å². The highest BCUT2D eigenvalue weighted by Gasteiger charge is 2.18. The quantitative estimate of drug-likeness (QED) is 0.803. The summed E-state index contributed by atoms with van der Waals surface area (Å²) in [5, 5.41) is 19.0. The van der Waals surface area contributed by atoms with E-state index >= 15 is 0 Å². The van der Waals surface area contributed by atoms with Crippen molar-refractivity contribution < 1.29 is 19.8 Å². The molecule has 0 aliphatic carbocycles. The van der Waals surface area contributed by atoms with Crippen LogP contribution in [-0.2, 0) is 0 Å². The first kappa shape index (κ1) is 10.2. The van der Waals surface area contributed by atoms with Gasteiger partial charge in [-0.25, -0.2) is 9.59 Å². The van der Waals surface area contributed by atoms with Gasteiger partial charge in [0, 0.05) is 0 Å². The van der Waals surface area contributed by atoms with Gasteiger partial charge in [-0.15, -0.1) is 0 Å². The molecule has 0 fully saturated rings. The third kappa shape index (κ3) is 1.50. The zero-order valence-corrected chi connectivity index (χ0v) is 8.10. The predicted molar refractivity (Wildman–Crippen MR) is 56.7 cm³/mol. The maximum absolute atomic E-state index is 11.1. The van der Waals surface area contributed by atoms with Gasteiger partial charge in [-0.2, -0.15) is 0 Å². The van der Waals surface area contributed by atoms with E-state index in [1.165, 1.54) is 6.07 Å². The Hall–Kier alpha value is -2.36.